The maximum absolute atomic E-state index is 12.4. The van der Waals surface area contributed by atoms with Crippen LogP contribution >= 0.6 is 15.9 Å². The number of rotatable bonds is 7. The van der Waals surface area contributed by atoms with Crippen molar-refractivity contribution in [2.24, 2.45) is 0 Å². The molecule has 4 nitrogen and oxygen atoms in total. The summed E-state index contributed by atoms with van der Waals surface area (Å²) in [6.45, 7) is -0.00447. The predicted octanol–water partition coefficient (Wildman–Crippen LogP) is 5.07. The Morgan fingerprint density at radius 2 is 1.59 bits per heavy atom. The van der Waals surface area contributed by atoms with Crippen LogP contribution in [0.5, 0.6) is 5.75 Å². The van der Waals surface area contributed by atoms with Gasteiger partial charge in [0, 0.05) is 10.0 Å². The van der Waals surface area contributed by atoms with Crippen molar-refractivity contribution in [3.05, 3.63) is 100 Å². The molecule has 3 aromatic rings. The molecule has 0 saturated carbocycles. The Hall–Kier alpha value is -2.92. The third-order valence-corrected chi connectivity index (χ3v) is 4.31. The Balaban J connectivity index is 1.64. The third kappa shape index (κ3) is 5.28. The number of Topliss-reactive ketones (excluding diaryl/α,β-unsaturated/α-hetero) is 1. The molecule has 136 valence electrons. The van der Waals surface area contributed by atoms with Gasteiger partial charge >= 0.3 is 5.97 Å². The molecule has 0 bridgehead atoms. The van der Waals surface area contributed by atoms with Gasteiger partial charge in [0.1, 0.15) is 17.9 Å². The van der Waals surface area contributed by atoms with Crippen molar-refractivity contribution in [2.45, 2.75) is 6.61 Å². The topological polar surface area (TPSA) is 52.6 Å². The molecule has 3 rings (SSSR count). The van der Waals surface area contributed by atoms with Crippen molar-refractivity contribution in [2.75, 3.05) is 6.61 Å². The van der Waals surface area contributed by atoms with Gasteiger partial charge in [-0.15, -0.1) is 0 Å². The largest absolute Gasteiger partial charge is 0.488 e. The van der Waals surface area contributed by atoms with Gasteiger partial charge < -0.3 is 9.47 Å². The van der Waals surface area contributed by atoms with Crippen LogP contribution in [0.4, 0.5) is 0 Å². The molecule has 0 heterocycles. The minimum atomic E-state index is -0.593. The summed E-state index contributed by atoms with van der Waals surface area (Å²) in [5.74, 6) is -0.435. The van der Waals surface area contributed by atoms with Crippen LogP contribution in [0.25, 0.3) is 0 Å². The Bertz CT molecular complexity index is 938. The van der Waals surface area contributed by atoms with Gasteiger partial charge in [-0.2, -0.15) is 0 Å². The first-order valence-corrected chi connectivity index (χ1v) is 9.14. The van der Waals surface area contributed by atoms with Crippen LogP contribution < -0.4 is 4.74 Å². The van der Waals surface area contributed by atoms with Gasteiger partial charge in [0.25, 0.3) is 0 Å². The van der Waals surface area contributed by atoms with E-state index in [2.05, 4.69) is 15.9 Å². The quantitative estimate of drug-likeness (QED) is 0.392. The van der Waals surface area contributed by atoms with Crippen LogP contribution in [-0.4, -0.2) is 18.4 Å². The number of hydrogen-bond acceptors (Lipinski definition) is 4. The van der Waals surface area contributed by atoms with E-state index in [4.69, 9.17) is 9.47 Å². The molecule has 0 radical (unpaired) electrons. The molecule has 0 saturated heterocycles. The van der Waals surface area contributed by atoms with Gasteiger partial charge in [-0.05, 0) is 29.8 Å². The summed E-state index contributed by atoms with van der Waals surface area (Å²) in [7, 11) is 0. The Morgan fingerprint density at radius 1 is 0.852 bits per heavy atom. The van der Waals surface area contributed by atoms with Gasteiger partial charge in [0.05, 0.1) is 0 Å². The number of esters is 1. The summed E-state index contributed by atoms with van der Waals surface area (Å²) in [6.07, 6.45) is 0. The van der Waals surface area contributed by atoms with E-state index in [9.17, 15) is 9.59 Å². The summed E-state index contributed by atoms with van der Waals surface area (Å²) >= 11 is 3.42. The second-order valence-corrected chi connectivity index (χ2v) is 6.70. The molecule has 3 aromatic carbocycles. The molecule has 0 spiro atoms. The zero-order valence-corrected chi connectivity index (χ0v) is 16.0. The standard InChI is InChI=1S/C22H17BrO4/c23-18-10-6-7-16(13-18)14-26-21-12-5-4-11-19(21)22(25)27-15-20(24)17-8-2-1-3-9-17/h1-13H,14-15H2. The SMILES string of the molecule is O=C(COC(=O)c1ccccc1OCc1cccc(Br)c1)c1ccccc1. The first kappa shape index (κ1) is 18.9. The number of carbonyl (C=O) groups is 2. The normalized spacial score (nSPS) is 10.3. The maximum atomic E-state index is 12.4. The van der Waals surface area contributed by atoms with Crippen molar-refractivity contribution < 1.29 is 19.1 Å². The lowest BCUT2D eigenvalue weighted by Crippen LogP contribution is -2.15. The number of ketones is 1. The zero-order valence-electron chi connectivity index (χ0n) is 14.4. The minimum absolute atomic E-state index is 0.253. The predicted molar refractivity (Wildman–Crippen MR) is 106 cm³/mol. The lowest BCUT2D eigenvalue weighted by molar-refractivity contribution is 0.0470. The second kappa shape index (κ2) is 9.14. The van der Waals surface area contributed by atoms with Crippen LogP contribution in [0.3, 0.4) is 0 Å². The third-order valence-electron chi connectivity index (χ3n) is 3.82. The van der Waals surface area contributed by atoms with Crippen molar-refractivity contribution in [3.8, 4) is 5.75 Å². The maximum Gasteiger partial charge on any atom is 0.342 e. The van der Waals surface area contributed by atoms with Gasteiger partial charge in [-0.25, -0.2) is 4.79 Å². The fourth-order valence-electron chi connectivity index (χ4n) is 2.47. The number of hydrogen-bond donors (Lipinski definition) is 0. The van der Waals surface area contributed by atoms with Crippen molar-refractivity contribution in [1.82, 2.24) is 0 Å². The van der Waals surface area contributed by atoms with Crippen LogP contribution in [0.15, 0.2) is 83.3 Å². The number of benzene rings is 3. The fraction of sp³-hybridized carbons (Fsp3) is 0.0909. The Kier molecular flexibility index (Phi) is 6.39. The second-order valence-electron chi connectivity index (χ2n) is 5.78. The summed E-state index contributed by atoms with van der Waals surface area (Å²) in [4.78, 5) is 24.5. The van der Waals surface area contributed by atoms with Gasteiger partial charge in [-0.3, -0.25) is 4.79 Å². The van der Waals surface area contributed by atoms with Gasteiger partial charge in [0.15, 0.2) is 12.4 Å². The van der Waals surface area contributed by atoms with E-state index in [-0.39, 0.29) is 18.0 Å². The van der Waals surface area contributed by atoms with Crippen LogP contribution in [0.1, 0.15) is 26.3 Å². The Labute approximate surface area is 165 Å². The molecule has 0 aliphatic rings. The fourth-order valence-corrected chi connectivity index (χ4v) is 2.91. The molecule has 0 N–H and O–H groups in total. The van der Waals surface area contributed by atoms with E-state index in [1.54, 1.807) is 48.5 Å². The minimum Gasteiger partial charge on any atom is -0.488 e. The Morgan fingerprint density at radius 3 is 2.37 bits per heavy atom. The molecular formula is C22H17BrO4. The summed E-state index contributed by atoms with van der Waals surface area (Å²) in [5.41, 5.74) is 1.75. The molecule has 0 aromatic heterocycles. The van der Waals surface area contributed by atoms with E-state index in [1.165, 1.54) is 0 Å². The van der Waals surface area contributed by atoms with E-state index >= 15 is 0 Å². The molecule has 0 atom stereocenters. The van der Waals surface area contributed by atoms with E-state index < -0.39 is 5.97 Å². The van der Waals surface area contributed by atoms with E-state index in [0.717, 1.165) is 10.0 Å². The smallest absolute Gasteiger partial charge is 0.342 e. The highest BCUT2D eigenvalue weighted by Gasteiger charge is 2.16. The summed E-state index contributed by atoms with van der Waals surface area (Å²) in [5, 5.41) is 0. The monoisotopic (exact) mass is 424 g/mol. The molecule has 27 heavy (non-hydrogen) atoms. The number of para-hydroxylation sites is 1. The number of halogens is 1. The van der Waals surface area contributed by atoms with Crippen molar-refractivity contribution in [1.29, 1.82) is 0 Å². The number of ether oxygens (including phenoxy) is 2. The first-order chi connectivity index (χ1) is 13.1. The average Bonchev–Trinajstić information content (AvgIpc) is 2.71. The van der Waals surface area contributed by atoms with Gasteiger partial charge in [-0.1, -0.05) is 70.5 Å². The molecular weight excluding hydrogens is 408 g/mol. The first-order valence-electron chi connectivity index (χ1n) is 8.35. The zero-order chi connectivity index (χ0) is 19.1. The van der Waals surface area contributed by atoms with Crippen LogP contribution in [0, 0.1) is 0 Å². The summed E-state index contributed by atoms with van der Waals surface area (Å²) < 4.78 is 11.9. The van der Waals surface area contributed by atoms with Crippen LogP contribution in [0.2, 0.25) is 0 Å². The molecule has 0 aliphatic heterocycles. The molecule has 0 aliphatic carbocycles. The lowest BCUT2D eigenvalue weighted by Gasteiger charge is -2.11. The highest BCUT2D eigenvalue weighted by atomic mass is 79.9. The van der Waals surface area contributed by atoms with E-state index in [1.807, 2.05) is 30.3 Å². The van der Waals surface area contributed by atoms with Crippen LogP contribution in [-0.2, 0) is 11.3 Å². The lowest BCUT2D eigenvalue weighted by atomic mass is 10.1. The average molecular weight is 425 g/mol. The van der Waals surface area contributed by atoms with E-state index in [0.29, 0.717) is 17.9 Å². The van der Waals surface area contributed by atoms with Gasteiger partial charge in [0.2, 0.25) is 0 Å². The molecule has 0 fully saturated rings. The highest BCUT2D eigenvalue weighted by Crippen LogP contribution is 2.21. The molecule has 0 unspecified atom stereocenters. The highest BCUT2D eigenvalue weighted by molar-refractivity contribution is 9.10. The van der Waals surface area contributed by atoms with Crippen molar-refractivity contribution in [3.63, 3.8) is 0 Å². The molecule has 0 amide bonds. The molecule has 5 heteroatoms. The summed E-state index contributed by atoms with van der Waals surface area (Å²) in [6, 6.07) is 23.3. The number of carbonyl (C=O) groups excluding carboxylic acids is 2. The van der Waals surface area contributed by atoms with Crippen molar-refractivity contribution >= 4 is 27.7 Å².